The highest BCUT2D eigenvalue weighted by Crippen LogP contribution is 2.35. The molecule has 0 fully saturated rings. The number of methoxy groups -OCH3 is 2. The van der Waals surface area contributed by atoms with E-state index in [9.17, 15) is 4.79 Å². The molecular weight excluding hydrogens is 218 g/mol. The molecular formula is C13H19NO3. The summed E-state index contributed by atoms with van der Waals surface area (Å²) in [5.41, 5.74) is 1.94. The molecule has 0 atom stereocenters. The number of likely N-dealkylation sites (N-methyl/N-ethyl adjacent to an activating group) is 1. The standard InChI is InChI=1S/C13H19NO3/c1-9-6-11(16-4)7-12(17-5)13(9)14(3)8-10(2)15/h6-7H,8H2,1-5H3. The first kappa shape index (κ1) is 13.4. The maximum atomic E-state index is 11.2. The van der Waals surface area contributed by atoms with Crippen LogP contribution in [-0.2, 0) is 4.79 Å². The van der Waals surface area contributed by atoms with Crippen LogP contribution in [0.25, 0.3) is 0 Å². The highest BCUT2D eigenvalue weighted by molar-refractivity contribution is 5.82. The van der Waals surface area contributed by atoms with E-state index in [0.717, 1.165) is 17.0 Å². The fourth-order valence-corrected chi connectivity index (χ4v) is 1.89. The number of ketones is 1. The van der Waals surface area contributed by atoms with Crippen molar-refractivity contribution in [3.05, 3.63) is 17.7 Å². The Labute approximate surface area is 102 Å². The van der Waals surface area contributed by atoms with Gasteiger partial charge in [-0.25, -0.2) is 0 Å². The van der Waals surface area contributed by atoms with Gasteiger partial charge in [-0.3, -0.25) is 4.79 Å². The minimum Gasteiger partial charge on any atom is -0.497 e. The quantitative estimate of drug-likeness (QED) is 0.785. The SMILES string of the molecule is COc1cc(C)c(N(C)CC(C)=O)c(OC)c1. The van der Waals surface area contributed by atoms with Gasteiger partial charge in [0.2, 0.25) is 0 Å². The number of hydrogen-bond acceptors (Lipinski definition) is 4. The lowest BCUT2D eigenvalue weighted by Gasteiger charge is -2.23. The Kier molecular flexibility index (Phi) is 4.37. The lowest BCUT2D eigenvalue weighted by molar-refractivity contribution is -0.115. The van der Waals surface area contributed by atoms with Crippen LogP contribution in [0.1, 0.15) is 12.5 Å². The van der Waals surface area contributed by atoms with Gasteiger partial charge in [0.05, 0.1) is 26.5 Å². The molecule has 0 unspecified atom stereocenters. The van der Waals surface area contributed by atoms with Gasteiger partial charge in [-0.15, -0.1) is 0 Å². The van der Waals surface area contributed by atoms with E-state index in [1.54, 1.807) is 21.1 Å². The average molecular weight is 237 g/mol. The van der Waals surface area contributed by atoms with Crippen molar-refractivity contribution in [3.8, 4) is 11.5 Å². The number of carbonyl (C=O) groups excluding carboxylic acids is 1. The van der Waals surface area contributed by atoms with Crippen molar-refractivity contribution in [1.82, 2.24) is 0 Å². The Morgan fingerprint density at radius 2 is 1.94 bits per heavy atom. The minimum absolute atomic E-state index is 0.116. The number of ether oxygens (including phenoxy) is 2. The summed E-state index contributed by atoms with van der Waals surface area (Å²) in [6.07, 6.45) is 0. The molecule has 0 spiro atoms. The van der Waals surface area contributed by atoms with Crippen LogP contribution >= 0.6 is 0 Å². The molecule has 0 aliphatic heterocycles. The van der Waals surface area contributed by atoms with E-state index in [1.165, 1.54) is 0 Å². The van der Waals surface area contributed by atoms with E-state index in [1.807, 2.05) is 31.0 Å². The molecule has 1 aromatic rings. The maximum Gasteiger partial charge on any atom is 0.149 e. The average Bonchev–Trinajstić information content (AvgIpc) is 2.26. The molecule has 0 saturated carbocycles. The first-order valence-corrected chi connectivity index (χ1v) is 5.42. The van der Waals surface area contributed by atoms with E-state index in [4.69, 9.17) is 9.47 Å². The van der Waals surface area contributed by atoms with Gasteiger partial charge in [-0.2, -0.15) is 0 Å². The second-order valence-electron chi connectivity index (χ2n) is 4.05. The van der Waals surface area contributed by atoms with E-state index in [-0.39, 0.29) is 5.78 Å². The third-order valence-electron chi connectivity index (χ3n) is 2.54. The molecule has 0 bridgehead atoms. The molecule has 0 aliphatic carbocycles. The molecule has 0 heterocycles. The Balaban J connectivity index is 3.17. The Morgan fingerprint density at radius 1 is 1.29 bits per heavy atom. The number of Topliss-reactive ketones (excluding diaryl/α,β-unsaturated/α-hetero) is 1. The molecule has 94 valence electrons. The first-order chi connectivity index (χ1) is 7.99. The lowest BCUT2D eigenvalue weighted by atomic mass is 10.1. The van der Waals surface area contributed by atoms with Crippen LogP contribution in [0.15, 0.2) is 12.1 Å². The van der Waals surface area contributed by atoms with Gasteiger partial charge >= 0.3 is 0 Å². The number of nitrogens with zero attached hydrogens (tertiary/aromatic N) is 1. The van der Waals surface area contributed by atoms with Crippen molar-refractivity contribution in [3.63, 3.8) is 0 Å². The Hall–Kier alpha value is -1.71. The van der Waals surface area contributed by atoms with Crippen molar-refractivity contribution < 1.29 is 14.3 Å². The zero-order chi connectivity index (χ0) is 13.0. The molecule has 0 radical (unpaired) electrons. The molecule has 4 nitrogen and oxygen atoms in total. The number of carbonyl (C=O) groups is 1. The zero-order valence-corrected chi connectivity index (χ0v) is 11.0. The fraction of sp³-hybridized carbons (Fsp3) is 0.462. The molecule has 1 aromatic carbocycles. The van der Waals surface area contributed by atoms with Crippen LogP contribution in [0.2, 0.25) is 0 Å². The largest absolute Gasteiger partial charge is 0.497 e. The number of anilines is 1. The normalized spacial score (nSPS) is 9.94. The number of aryl methyl sites for hydroxylation is 1. The summed E-state index contributed by atoms with van der Waals surface area (Å²) in [7, 11) is 5.10. The third-order valence-corrected chi connectivity index (χ3v) is 2.54. The van der Waals surface area contributed by atoms with Crippen LogP contribution < -0.4 is 14.4 Å². The Bertz CT molecular complexity index is 415. The maximum absolute atomic E-state index is 11.2. The molecule has 0 amide bonds. The topological polar surface area (TPSA) is 38.8 Å². The summed E-state index contributed by atoms with van der Waals surface area (Å²) in [5, 5.41) is 0. The van der Waals surface area contributed by atoms with E-state index >= 15 is 0 Å². The van der Waals surface area contributed by atoms with Crippen LogP contribution in [0.3, 0.4) is 0 Å². The van der Waals surface area contributed by atoms with Crippen molar-refractivity contribution in [2.24, 2.45) is 0 Å². The van der Waals surface area contributed by atoms with Gasteiger partial charge in [0.25, 0.3) is 0 Å². The van der Waals surface area contributed by atoms with E-state index in [2.05, 4.69) is 0 Å². The van der Waals surface area contributed by atoms with Gasteiger partial charge in [-0.1, -0.05) is 0 Å². The van der Waals surface area contributed by atoms with E-state index < -0.39 is 0 Å². The van der Waals surface area contributed by atoms with Crippen molar-refractivity contribution in [2.45, 2.75) is 13.8 Å². The molecule has 0 N–H and O–H groups in total. The first-order valence-electron chi connectivity index (χ1n) is 5.42. The molecule has 0 aromatic heterocycles. The summed E-state index contributed by atoms with van der Waals surface area (Å²) in [6, 6.07) is 3.74. The van der Waals surface area contributed by atoms with E-state index in [0.29, 0.717) is 12.3 Å². The zero-order valence-electron chi connectivity index (χ0n) is 11.0. The smallest absolute Gasteiger partial charge is 0.149 e. The van der Waals surface area contributed by atoms with Gasteiger partial charge in [-0.05, 0) is 25.5 Å². The molecule has 0 aliphatic rings. The van der Waals surface area contributed by atoms with Crippen LogP contribution in [-0.4, -0.2) is 33.6 Å². The van der Waals surface area contributed by atoms with Crippen LogP contribution in [0.4, 0.5) is 5.69 Å². The molecule has 17 heavy (non-hydrogen) atoms. The van der Waals surface area contributed by atoms with Crippen molar-refractivity contribution in [2.75, 3.05) is 32.7 Å². The molecule has 4 heteroatoms. The lowest BCUT2D eigenvalue weighted by Crippen LogP contribution is -2.25. The summed E-state index contributed by atoms with van der Waals surface area (Å²) >= 11 is 0. The summed E-state index contributed by atoms with van der Waals surface area (Å²) in [4.78, 5) is 13.0. The third kappa shape index (κ3) is 3.12. The highest BCUT2D eigenvalue weighted by atomic mass is 16.5. The van der Waals surface area contributed by atoms with Gasteiger partial charge in [0.15, 0.2) is 0 Å². The summed E-state index contributed by atoms with van der Waals surface area (Å²) < 4.78 is 10.5. The van der Waals surface area contributed by atoms with Gasteiger partial charge < -0.3 is 14.4 Å². The number of benzene rings is 1. The predicted octanol–water partition coefficient (Wildman–Crippen LogP) is 2.04. The predicted molar refractivity (Wildman–Crippen MR) is 68.2 cm³/mol. The number of rotatable bonds is 5. The van der Waals surface area contributed by atoms with Crippen molar-refractivity contribution in [1.29, 1.82) is 0 Å². The van der Waals surface area contributed by atoms with Gasteiger partial charge in [0, 0.05) is 13.1 Å². The van der Waals surface area contributed by atoms with Crippen LogP contribution in [0, 0.1) is 6.92 Å². The van der Waals surface area contributed by atoms with Gasteiger partial charge in [0.1, 0.15) is 17.3 Å². The second-order valence-corrected chi connectivity index (χ2v) is 4.05. The fourth-order valence-electron chi connectivity index (χ4n) is 1.89. The second kappa shape index (κ2) is 5.57. The van der Waals surface area contributed by atoms with Crippen molar-refractivity contribution >= 4 is 11.5 Å². The molecule has 1 rings (SSSR count). The monoisotopic (exact) mass is 237 g/mol. The molecule has 0 saturated heterocycles. The minimum atomic E-state index is 0.116. The summed E-state index contributed by atoms with van der Waals surface area (Å²) in [6.45, 7) is 3.91. The number of hydrogen-bond donors (Lipinski definition) is 0. The summed E-state index contributed by atoms with van der Waals surface area (Å²) in [5.74, 6) is 1.58. The highest BCUT2D eigenvalue weighted by Gasteiger charge is 2.14. The Morgan fingerprint density at radius 3 is 2.41 bits per heavy atom. The van der Waals surface area contributed by atoms with Crippen LogP contribution in [0.5, 0.6) is 11.5 Å².